The molecule has 1 fully saturated rings. The second-order valence-electron chi connectivity index (χ2n) is 4.35. The fourth-order valence-electron chi connectivity index (χ4n) is 2.02. The van der Waals surface area contributed by atoms with Gasteiger partial charge in [-0.2, -0.15) is 0 Å². The third kappa shape index (κ3) is 6.13. The van der Waals surface area contributed by atoms with E-state index in [1.165, 1.54) is 19.3 Å². The third-order valence-electron chi connectivity index (χ3n) is 2.98. The zero-order valence-electron chi connectivity index (χ0n) is 9.78. The molecule has 0 amide bonds. The Balaban J connectivity index is 1.97. The van der Waals surface area contributed by atoms with Gasteiger partial charge in [0.2, 0.25) is 0 Å². The van der Waals surface area contributed by atoms with E-state index in [9.17, 15) is 5.11 Å². The van der Waals surface area contributed by atoms with Crippen LogP contribution in [0.15, 0.2) is 0 Å². The van der Waals surface area contributed by atoms with E-state index in [-0.39, 0.29) is 6.10 Å². The minimum Gasteiger partial charge on any atom is -0.393 e. The van der Waals surface area contributed by atoms with Gasteiger partial charge in [0.25, 0.3) is 0 Å². The van der Waals surface area contributed by atoms with Crippen molar-refractivity contribution in [2.45, 2.75) is 57.2 Å². The molecule has 0 aromatic carbocycles. The number of aliphatic hydroxyl groups is 1. The van der Waals surface area contributed by atoms with Crippen LogP contribution in [-0.2, 0) is 9.47 Å². The second kappa shape index (κ2) is 8.08. The number of ether oxygens (including phenoxy) is 2. The molecule has 0 radical (unpaired) electrons. The minimum absolute atomic E-state index is 0.175. The van der Waals surface area contributed by atoms with Crippen LogP contribution in [0, 0.1) is 0 Å². The highest BCUT2D eigenvalue weighted by Gasteiger charge is 2.15. The molecule has 15 heavy (non-hydrogen) atoms. The van der Waals surface area contributed by atoms with Gasteiger partial charge in [-0.15, -0.1) is 0 Å². The zero-order chi connectivity index (χ0) is 10.9. The topological polar surface area (TPSA) is 38.7 Å². The Bertz CT molecular complexity index is 144. The Kier molecular flexibility index (Phi) is 6.98. The quantitative estimate of drug-likeness (QED) is 0.662. The van der Waals surface area contributed by atoms with Crippen molar-refractivity contribution in [1.29, 1.82) is 0 Å². The van der Waals surface area contributed by atoms with E-state index in [4.69, 9.17) is 9.47 Å². The first-order chi connectivity index (χ1) is 7.33. The summed E-state index contributed by atoms with van der Waals surface area (Å²) in [6.07, 6.45) is 7.55. The molecule has 0 bridgehead atoms. The molecule has 90 valence electrons. The van der Waals surface area contributed by atoms with Gasteiger partial charge in [0.05, 0.1) is 12.2 Å². The zero-order valence-corrected chi connectivity index (χ0v) is 9.78. The molecule has 1 N–H and O–H groups in total. The normalized spacial score (nSPS) is 24.0. The predicted molar refractivity (Wildman–Crippen MR) is 59.9 cm³/mol. The average molecular weight is 216 g/mol. The van der Waals surface area contributed by atoms with Gasteiger partial charge in [-0.05, 0) is 44.9 Å². The monoisotopic (exact) mass is 216 g/mol. The maximum atomic E-state index is 9.70. The molecule has 0 aromatic heterocycles. The first-order valence-electron chi connectivity index (χ1n) is 6.11. The van der Waals surface area contributed by atoms with Crippen molar-refractivity contribution < 1.29 is 14.6 Å². The highest BCUT2D eigenvalue weighted by atomic mass is 16.5. The smallest absolute Gasteiger partial charge is 0.0576 e. The highest BCUT2D eigenvalue weighted by Crippen LogP contribution is 2.18. The van der Waals surface area contributed by atoms with Gasteiger partial charge in [-0.3, -0.25) is 0 Å². The first-order valence-corrected chi connectivity index (χ1v) is 6.11. The van der Waals surface area contributed by atoms with E-state index in [1.54, 1.807) is 7.11 Å². The fourth-order valence-corrected chi connectivity index (χ4v) is 2.02. The molecule has 1 aliphatic heterocycles. The van der Waals surface area contributed by atoms with E-state index in [0.717, 1.165) is 38.9 Å². The Morgan fingerprint density at radius 2 is 2.27 bits per heavy atom. The molecular weight excluding hydrogens is 192 g/mol. The van der Waals surface area contributed by atoms with Crippen molar-refractivity contribution in [2.75, 3.05) is 20.3 Å². The van der Waals surface area contributed by atoms with Crippen LogP contribution in [0.3, 0.4) is 0 Å². The minimum atomic E-state index is -0.175. The van der Waals surface area contributed by atoms with Crippen molar-refractivity contribution in [2.24, 2.45) is 0 Å². The lowest BCUT2D eigenvalue weighted by Gasteiger charge is -2.23. The van der Waals surface area contributed by atoms with Gasteiger partial charge in [-0.25, -0.2) is 0 Å². The van der Waals surface area contributed by atoms with Gasteiger partial charge in [-0.1, -0.05) is 0 Å². The van der Waals surface area contributed by atoms with Crippen LogP contribution in [0.2, 0.25) is 0 Å². The number of hydrogen-bond donors (Lipinski definition) is 1. The summed E-state index contributed by atoms with van der Waals surface area (Å²) in [5.74, 6) is 0. The first kappa shape index (κ1) is 12.9. The standard InChI is InChI=1S/C12H24O3/c1-14-9-4-5-11(13)7-8-12-6-2-3-10-15-12/h11-13H,2-10H2,1H3. The lowest BCUT2D eigenvalue weighted by atomic mass is 10.0. The van der Waals surface area contributed by atoms with Crippen LogP contribution in [0.5, 0.6) is 0 Å². The van der Waals surface area contributed by atoms with Crippen molar-refractivity contribution in [3.8, 4) is 0 Å². The number of methoxy groups -OCH3 is 1. The predicted octanol–water partition coefficient (Wildman–Crippen LogP) is 2.12. The van der Waals surface area contributed by atoms with Crippen molar-refractivity contribution >= 4 is 0 Å². The van der Waals surface area contributed by atoms with E-state index in [0.29, 0.717) is 6.10 Å². The van der Waals surface area contributed by atoms with Crippen LogP contribution in [0.25, 0.3) is 0 Å². The van der Waals surface area contributed by atoms with E-state index in [2.05, 4.69) is 0 Å². The molecule has 2 unspecified atom stereocenters. The van der Waals surface area contributed by atoms with Crippen LogP contribution in [0.1, 0.15) is 44.9 Å². The summed E-state index contributed by atoms with van der Waals surface area (Å²) in [5, 5.41) is 9.70. The summed E-state index contributed by atoms with van der Waals surface area (Å²) in [5.41, 5.74) is 0. The van der Waals surface area contributed by atoms with Crippen LogP contribution in [-0.4, -0.2) is 37.6 Å². The summed E-state index contributed by atoms with van der Waals surface area (Å²) >= 11 is 0. The van der Waals surface area contributed by atoms with E-state index < -0.39 is 0 Å². The van der Waals surface area contributed by atoms with Crippen molar-refractivity contribution in [3.05, 3.63) is 0 Å². The van der Waals surface area contributed by atoms with Crippen molar-refractivity contribution in [1.82, 2.24) is 0 Å². The summed E-state index contributed by atoms with van der Waals surface area (Å²) in [7, 11) is 1.70. The molecule has 3 nitrogen and oxygen atoms in total. The Hall–Kier alpha value is -0.120. The lowest BCUT2D eigenvalue weighted by Crippen LogP contribution is -2.21. The number of hydrogen-bond acceptors (Lipinski definition) is 3. The summed E-state index contributed by atoms with van der Waals surface area (Å²) in [4.78, 5) is 0. The van der Waals surface area contributed by atoms with Gasteiger partial charge in [0.1, 0.15) is 0 Å². The molecule has 0 aromatic rings. The molecule has 1 rings (SSSR count). The summed E-state index contributed by atoms with van der Waals surface area (Å²) in [6, 6.07) is 0. The molecule has 0 aliphatic carbocycles. The van der Waals surface area contributed by atoms with Crippen molar-refractivity contribution in [3.63, 3.8) is 0 Å². The molecule has 1 aliphatic rings. The van der Waals surface area contributed by atoms with Gasteiger partial charge < -0.3 is 14.6 Å². The number of rotatable bonds is 7. The SMILES string of the molecule is COCCCC(O)CCC1CCCCO1. The molecule has 0 saturated carbocycles. The molecule has 1 heterocycles. The van der Waals surface area contributed by atoms with E-state index >= 15 is 0 Å². The summed E-state index contributed by atoms with van der Waals surface area (Å²) < 4.78 is 10.6. The molecule has 2 atom stereocenters. The maximum absolute atomic E-state index is 9.70. The van der Waals surface area contributed by atoms with Crippen LogP contribution >= 0.6 is 0 Å². The third-order valence-corrected chi connectivity index (χ3v) is 2.98. The summed E-state index contributed by atoms with van der Waals surface area (Å²) in [6.45, 7) is 1.65. The molecular formula is C12H24O3. The Morgan fingerprint density at radius 3 is 2.93 bits per heavy atom. The fraction of sp³-hybridized carbons (Fsp3) is 1.00. The van der Waals surface area contributed by atoms with Crippen LogP contribution in [0.4, 0.5) is 0 Å². The molecule has 1 saturated heterocycles. The maximum Gasteiger partial charge on any atom is 0.0576 e. The Morgan fingerprint density at radius 1 is 1.40 bits per heavy atom. The lowest BCUT2D eigenvalue weighted by molar-refractivity contribution is 0.00121. The number of aliphatic hydroxyl groups excluding tert-OH is 1. The molecule has 3 heteroatoms. The van der Waals surface area contributed by atoms with Gasteiger partial charge in [0, 0.05) is 20.3 Å². The van der Waals surface area contributed by atoms with E-state index in [1.807, 2.05) is 0 Å². The second-order valence-corrected chi connectivity index (χ2v) is 4.35. The van der Waals surface area contributed by atoms with Crippen LogP contribution < -0.4 is 0 Å². The average Bonchev–Trinajstić information content (AvgIpc) is 2.28. The van der Waals surface area contributed by atoms with Gasteiger partial charge >= 0.3 is 0 Å². The largest absolute Gasteiger partial charge is 0.393 e. The Labute approximate surface area is 92.8 Å². The van der Waals surface area contributed by atoms with Gasteiger partial charge in [0.15, 0.2) is 0 Å². The molecule has 0 spiro atoms. The highest BCUT2D eigenvalue weighted by molar-refractivity contribution is 4.66.